The summed E-state index contributed by atoms with van der Waals surface area (Å²) in [5.74, 6) is 3.17. The minimum absolute atomic E-state index is 0.326. The number of fused-ring (bicyclic) bond motifs is 1. The fourth-order valence-corrected chi connectivity index (χ4v) is 2.91. The van der Waals surface area contributed by atoms with Crippen LogP contribution in [0.1, 0.15) is 58.0 Å². The summed E-state index contributed by atoms with van der Waals surface area (Å²) in [5.41, 5.74) is 3.13. The van der Waals surface area contributed by atoms with E-state index in [1.807, 2.05) is 6.92 Å². The Labute approximate surface area is 132 Å². The van der Waals surface area contributed by atoms with Gasteiger partial charge >= 0.3 is 0 Å². The van der Waals surface area contributed by atoms with Crippen LogP contribution in [0.2, 0.25) is 0 Å². The normalized spacial score (nSPS) is 15.0. The maximum absolute atomic E-state index is 4.93. The summed E-state index contributed by atoms with van der Waals surface area (Å²) in [6, 6.07) is 0. The molecule has 1 saturated carbocycles. The van der Waals surface area contributed by atoms with Gasteiger partial charge in [-0.05, 0) is 39.5 Å². The molecule has 0 radical (unpaired) electrons. The molecule has 0 unspecified atom stereocenters. The van der Waals surface area contributed by atoms with E-state index in [0.717, 1.165) is 53.9 Å². The molecule has 0 bridgehead atoms. The first-order valence-electron chi connectivity index (χ1n) is 8.55. The largest absolute Gasteiger partial charge is 0.355 e. The smallest absolute Gasteiger partial charge is 0.158 e. The monoisotopic (exact) mass is 301 g/mol. The van der Waals surface area contributed by atoms with Crippen molar-refractivity contribution in [2.75, 3.05) is 18.0 Å². The fourth-order valence-electron chi connectivity index (χ4n) is 2.91. The van der Waals surface area contributed by atoms with Crippen LogP contribution >= 0.6 is 0 Å². The molecule has 0 aromatic carbocycles. The highest BCUT2D eigenvalue weighted by atomic mass is 15.3. The van der Waals surface area contributed by atoms with Crippen molar-refractivity contribution in [2.24, 2.45) is 5.92 Å². The molecule has 2 aromatic rings. The quantitative estimate of drug-likeness (QED) is 0.819. The maximum atomic E-state index is 4.93. The van der Waals surface area contributed by atoms with Crippen LogP contribution < -0.4 is 4.90 Å². The first-order chi connectivity index (χ1) is 10.5. The molecule has 5 heteroatoms. The highest BCUT2D eigenvalue weighted by Crippen LogP contribution is 2.34. The van der Waals surface area contributed by atoms with E-state index in [4.69, 9.17) is 9.97 Å². The van der Waals surface area contributed by atoms with Crippen LogP contribution in [0.25, 0.3) is 11.0 Å². The van der Waals surface area contributed by atoms with E-state index in [1.54, 1.807) is 0 Å². The zero-order valence-electron chi connectivity index (χ0n) is 14.4. The lowest BCUT2D eigenvalue weighted by Crippen LogP contribution is -2.27. The van der Waals surface area contributed by atoms with Gasteiger partial charge in [0.05, 0.1) is 5.69 Å². The number of aromatic nitrogens is 4. The molecule has 22 heavy (non-hydrogen) atoms. The molecule has 0 N–H and O–H groups in total. The fraction of sp³-hybridized carbons (Fsp3) is 0.706. The average molecular weight is 301 g/mol. The maximum Gasteiger partial charge on any atom is 0.158 e. The van der Waals surface area contributed by atoms with E-state index < -0.39 is 0 Å². The molecule has 3 rings (SSSR count). The van der Waals surface area contributed by atoms with Gasteiger partial charge in [-0.25, -0.2) is 9.97 Å². The second-order valence-electron chi connectivity index (χ2n) is 6.64. The average Bonchev–Trinajstić information content (AvgIpc) is 3.27. The van der Waals surface area contributed by atoms with Gasteiger partial charge in [0.2, 0.25) is 0 Å². The molecule has 0 saturated heterocycles. The molecule has 0 aliphatic heterocycles. The number of hydrogen-bond acceptors (Lipinski definition) is 4. The number of anilines is 1. The summed E-state index contributed by atoms with van der Waals surface area (Å²) in [6.07, 6.45) is 2.71. The van der Waals surface area contributed by atoms with Gasteiger partial charge < -0.3 is 4.90 Å². The molecule has 2 heterocycles. The Hall–Kier alpha value is -1.65. The number of aryl methyl sites for hydroxylation is 2. The van der Waals surface area contributed by atoms with Crippen molar-refractivity contribution in [1.82, 2.24) is 19.7 Å². The van der Waals surface area contributed by atoms with Crippen molar-refractivity contribution in [3.8, 4) is 0 Å². The summed E-state index contributed by atoms with van der Waals surface area (Å²) in [5, 5.41) is 4.67. The van der Waals surface area contributed by atoms with Crippen LogP contribution in [0.3, 0.4) is 0 Å². The molecule has 0 spiro atoms. The zero-order valence-corrected chi connectivity index (χ0v) is 14.4. The molecule has 1 aliphatic carbocycles. The lowest BCUT2D eigenvalue weighted by atomic mass is 10.2. The topological polar surface area (TPSA) is 46.8 Å². The first-order valence-corrected chi connectivity index (χ1v) is 8.55. The van der Waals surface area contributed by atoms with Crippen LogP contribution in [0, 0.1) is 12.8 Å². The first kappa shape index (κ1) is 15.3. The summed E-state index contributed by atoms with van der Waals surface area (Å²) >= 11 is 0. The molecule has 0 amide bonds. The van der Waals surface area contributed by atoms with Gasteiger partial charge in [-0.3, -0.25) is 4.68 Å². The van der Waals surface area contributed by atoms with Crippen LogP contribution in [-0.4, -0.2) is 32.8 Å². The van der Waals surface area contributed by atoms with Gasteiger partial charge in [0.15, 0.2) is 5.82 Å². The van der Waals surface area contributed by atoms with Crippen molar-refractivity contribution >= 4 is 16.9 Å². The second-order valence-corrected chi connectivity index (χ2v) is 6.64. The molecule has 120 valence electrons. The van der Waals surface area contributed by atoms with E-state index in [1.165, 1.54) is 12.8 Å². The Kier molecular flexibility index (Phi) is 4.06. The van der Waals surface area contributed by atoms with Crippen molar-refractivity contribution < 1.29 is 0 Å². The molecular formula is C17H27N5. The third kappa shape index (κ3) is 2.69. The molecular weight excluding hydrogens is 274 g/mol. The summed E-state index contributed by atoms with van der Waals surface area (Å²) in [7, 11) is 0. The lowest BCUT2D eigenvalue weighted by Gasteiger charge is -2.24. The highest BCUT2D eigenvalue weighted by Gasteiger charge is 2.27. The minimum atomic E-state index is 0.326. The Morgan fingerprint density at radius 3 is 2.50 bits per heavy atom. The van der Waals surface area contributed by atoms with Gasteiger partial charge in [-0.2, -0.15) is 5.10 Å². The molecule has 1 aliphatic rings. The van der Waals surface area contributed by atoms with Crippen LogP contribution in [0.15, 0.2) is 0 Å². The predicted octanol–water partition coefficient (Wildman–Crippen LogP) is 3.51. The molecule has 2 aromatic heterocycles. The van der Waals surface area contributed by atoms with E-state index in [9.17, 15) is 0 Å². The summed E-state index contributed by atoms with van der Waals surface area (Å²) in [4.78, 5) is 12.1. The van der Waals surface area contributed by atoms with Gasteiger partial charge in [0.1, 0.15) is 16.9 Å². The lowest BCUT2D eigenvalue weighted by molar-refractivity contribution is 0.667. The van der Waals surface area contributed by atoms with Gasteiger partial charge in [-0.15, -0.1) is 0 Å². The van der Waals surface area contributed by atoms with Crippen molar-refractivity contribution in [1.29, 1.82) is 0 Å². The van der Waals surface area contributed by atoms with E-state index in [2.05, 4.69) is 42.4 Å². The zero-order chi connectivity index (χ0) is 15.9. The van der Waals surface area contributed by atoms with E-state index >= 15 is 0 Å². The van der Waals surface area contributed by atoms with Crippen LogP contribution in [0.4, 0.5) is 5.82 Å². The molecule has 0 atom stereocenters. The van der Waals surface area contributed by atoms with E-state index in [0.29, 0.717) is 5.92 Å². The Balaban J connectivity index is 2.19. The van der Waals surface area contributed by atoms with Crippen LogP contribution in [-0.2, 0) is 6.54 Å². The van der Waals surface area contributed by atoms with Crippen molar-refractivity contribution in [2.45, 2.75) is 59.9 Å². The Morgan fingerprint density at radius 2 is 1.95 bits per heavy atom. The van der Waals surface area contributed by atoms with E-state index in [-0.39, 0.29) is 0 Å². The molecule has 5 nitrogen and oxygen atoms in total. The summed E-state index contributed by atoms with van der Waals surface area (Å²) in [6.45, 7) is 13.6. The van der Waals surface area contributed by atoms with Gasteiger partial charge in [0.25, 0.3) is 0 Å². The van der Waals surface area contributed by atoms with Crippen LogP contribution in [0.5, 0.6) is 0 Å². The number of rotatable bonds is 6. The predicted molar refractivity (Wildman–Crippen MR) is 90.4 cm³/mol. The highest BCUT2D eigenvalue weighted by molar-refractivity contribution is 5.88. The third-order valence-electron chi connectivity index (χ3n) is 4.43. The third-order valence-corrected chi connectivity index (χ3v) is 4.43. The second kappa shape index (κ2) is 5.86. The van der Waals surface area contributed by atoms with Crippen molar-refractivity contribution in [3.63, 3.8) is 0 Å². The van der Waals surface area contributed by atoms with Gasteiger partial charge in [-0.1, -0.05) is 13.8 Å². The van der Waals surface area contributed by atoms with Crippen molar-refractivity contribution in [3.05, 3.63) is 11.5 Å². The Morgan fingerprint density at radius 1 is 1.23 bits per heavy atom. The standard InChI is InChI=1S/C17H27N5/c1-6-21(10-13-8-9-13)17-15-14(12(5)20-22(15)7-2)18-16(19-17)11(3)4/h11,13H,6-10H2,1-5H3. The number of hydrogen-bond donors (Lipinski definition) is 0. The SMILES string of the molecule is CCN(CC1CC1)c1nc(C(C)C)nc2c(C)nn(CC)c12. The Bertz CT molecular complexity index is 669. The van der Waals surface area contributed by atoms with Gasteiger partial charge in [0, 0.05) is 25.6 Å². The molecule has 1 fully saturated rings. The summed E-state index contributed by atoms with van der Waals surface area (Å²) < 4.78 is 2.06. The minimum Gasteiger partial charge on any atom is -0.355 e. The number of nitrogens with zero attached hydrogens (tertiary/aromatic N) is 5.